The molecule has 0 aromatic heterocycles. The molecule has 0 fully saturated rings. The molecule has 0 saturated carbocycles. The van der Waals surface area contributed by atoms with Crippen molar-refractivity contribution in [2.45, 2.75) is 32.3 Å². The molecule has 1 atom stereocenters. The Labute approximate surface area is 79.4 Å². The second-order valence-corrected chi connectivity index (χ2v) is 3.91. The number of benzene rings is 1. The standard InChI is InChI=1S/C12H16O/c1-2-12(13)11-7-9-5-3-4-6-10(9)8-11/h3-6,11-13H,2,7-8H2,1H3/t12-/m1/s1. The first kappa shape index (κ1) is 8.76. The maximum atomic E-state index is 9.73. The lowest BCUT2D eigenvalue weighted by molar-refractivity contribution is 0.109. The van der Waals surface area contributed by atoms with Gasteiger partial charge >= 0.3 is 0 Å². The highest BCUT2D eigenvalue weighted by Gasteiger charge is 2.25. The molecule has 0 heterocycles. The zero-order valence-corrected chi connectivity index (χ0v) is 8.03. The third kappa shape index (κ3) is 1.61. The summed E-state index contributed by atoms with van der Waals surface area (Å²) in [6.45, 7) is 2.05. The first-order valence-electron chi connectivity index (χ1n) is 5.06. The molecule has 1 aliphatic carbocycles. The van der Waals surface area contributed by atoms with Crippen molar-refractivity contribution in [3.63, 3.8) is 0 Å². The van der Waals surface area contributed by atoms with Gasteiger partial charge in [-0.3, -0.25) is 0 Å². The summed E-state index contributed by atoms with van der Waals surface area (Å²) in [6, 6.07) is 8.52. The molecule has 70 valence electrons. The van der Waals surface area contributed by atoms with E-state index >= 15 is 0 Å². The smallest absolute Gasteiger partial charge is 0.0572 e. The summed E-state index contributed by atoms with van der Waals surface area (Å²) < 4.78 is 0. The Hall–Kier alpha value is -0.820. The average Bonchev–Trinajstić information content (AvgIpc) is 2.59. The number of hydrogen-bond acceptors (Lipinski definition) is 1. The molecule has 13 heavy (non-hydrogen) atoms. The number of rotatable bonds is 2. The fourth-order valence-electron chi connectivity index (χ4n) is 2.20. The van der Waals surface area contributed by atoms with Gasteiger partial charge in [-0.05, 0) is 36.3 Å². The van der Waals surface area contributed by atoms with E-state index in [2.05, 4.69) is 24.3 Å². The van der Waals surface area contributed by atoms with Gasteiger partial charge in [0.05, 0.1) is 6.10 Å². The second kappa shape index (κ2) is 3.51. The highest BCUT2D eigenvalue weighted by Crippen LogP contribution is 2.29. The van der Waals surface area contributed by atoms with Gasteiger partial charge in [-0.15, -0.1) is 0 Å². The van der Waals surface area contributed by atoms with Crippen LogP contribution in [-0.4, -0.2) is 11.2 Å². The minimum Gasteiger partial charge on any atom is -0.393 e. The summed E-state index contributed by atoms with van der Waals surface area (Å²) in [6.07, 6.45) is 2.88. The summed E-state index contributed by atoms with van der Waals surface area (Å²) in [4.78, 5) is 0. The van der Waals surface area contributed by atoms with Gasteiger partial charge < -0.3 is 5.11 Å². The van der Waals surface area contributed by atoms with Crippen LogP contribution in [0.1, 0.15) is 24.5 Å². The lowest BCUT2D eigenvalue weighted by atomic mass is 9.97. The molecular weight excluding hydrogens is 160 g/mol. The van der Waals surface area contributed by atoms with Crippen molar-refractivity contribution in [1.82, 2.24) is 0 Å². The average molecular weight is 176 g/mol. The zero-order valence-electron chi connectivity index (χ0n) is 8.03. The second-order valence-electron chi connectivity index (χ2n) is 3.91. The zero-order chi connectivity index (χ0) is 9.26. The molecule has 0 aliphatic heterocycles. The molecule has 1 nitrogen and oxygen atoms in total. The van der Waals surface area contributed by atoms with E-state index in [1.54, 1.807) is 0 Å². The molecule has 1 N–H and O–H groups in total. The Morgan fingerprint density at radius 1 is 1.31 bits per heavy atom. The van der Waals surface area contributed by atoms with Gasteiger partial charge in [0.25, 0.3) is 0 Å². The van der Waals surface area contributed by atoms with Crippen molar-refractivity contribution in [2.75, 3.05) is 0 Å². The van der Waals surface area contributed by atoms with E-state index in [1.807, 2.05) is 6.92 Å². The predicted molar refractivity (Wildman–Crippen MR) is 53.6 cm³/mol. The van der Waals surface area contributed by atoms with Crippen molar-refractivity contribution < 1.29 is 5.11 Å². The number of fused-ring (bicyclic) bond motifs is 1. The summed E-state index contributed by atoms with van der Waals surface area (Å²) in [5, 5.41) is 9.73. The van der Waals surface area contributed by atoms with Crippen LogP contribution >= 0.6 is 0 Å². The van der Waals surface area contributed by atoms with Gasteiger partial charge in [-0.2, -0.15) is 0 Å². The van der Waals surface area contributed by atoms with E-state index in [0.717, 1.165) is 19.3 Å². The molecule has 1 aromatic carbocycles. The Morgan fingerprint density at radius 2 is 1.85 bits per heavy atom. The fraction of sp³-hybridized carbons (Fsp3) is 0.500. The molecule has 0 saturated heterocycles. The van der Waals surface area contributed by atoms with Gasteiger partial charge in [-0.25, -0.2) is 0 Å². The van der Waals surface area contributed by atoms with Gasteiger partial charge in [0.2, 0.25) is 0 Å². The number of aliphatic hydroxyl groups is 1. The number of aliphatic hydroxyl groups excluding tert-OH is 1. The molecule has 1 heteroatoms. The van der Waals surface area contributed by atoms with E-state index in [9.17, 15) is 5.11 Å². The first-order chi connectivity index (χ1) is 6.31. The molecule has 1 aliphatic rings. The SMILES string of the molecule is CC[C@@H](O)C1Cc2ccccc2C1. The van der Waals surface area contributed by atoms with Crippen molar-refractivity contribution >= 4 is 0 Å². The van der Waals surface area contributed by atoms with E-state index in [4.69, 9.17) is 0 Å². The van der Waals surface area contributed by atoms with E-state index < -0.39 is 0 Å². The predicted octanol–water partition coefficient (Wildman–Crippen LogP) is 2.17. The van der Waals surface area contributed by atoms with Crippen LogP contribution in [0.25, 0.3) is 0 Å². The first-order valence-corrected chi connectivity index (χ1v) is 5.06. The molecule has 0 bridgehead atoms. The van der Waals surface area contributed by atoms with E-state index in [1.165, 1.54) is 11.1 Å². The van der Waals surface area contributed by atoms with Crippen molar-refractivity contribution in [1.29, 1.82) is 0 Å². The van der Waals surface area contributed by atoms with Gasteiger partial charge in [0, 0.05) is 0 Å². The van der Waals surface area contributed by atoms with Crippen LogP contribution in [0.2, 0.25) is 0 Å². The van der Waals surface area contributed by atoms with Crippen LogP contribution in [0, 0.1) is 5.92 Å². The molecular formula is C12H16O. The van der Waals surface area contributed by atoms with Gasteiger partial charge in [0.1, 0.15) is 0 Å². The van der Waals surface area contributed by atoms with Gasteiger partial charge in [-0.1, -0.05) is 31.2 Å². The van der Waals surface area contributed by atoms with Crippen molar-refractivity contribution in [3.05, 3.63) is 35.4 Å². The van der Waals surface area contributed by atoms with E-state index in [0.29, 0.717) is 5.92 Å². The molecule has 0 unspecified atom stereocenters. The fourth-order valence-corrected chi connectivity index (χ4v) is 2.20. The van der Waals surface area contributed by atoms with Crippen LogP contribution in [0.3, 0.4) is 0 Å². The van der Waals surface area contributed by atoms with E-state index in [-0.39, 0.29) is 6.10 Å². The Bertz CT molecular complexity index is 268. The molecule has 1 aromatic rings. The third-order valence-electron chi connectivity index (χ3n) is 3.05. The van der Waals surface area contributed by atoms with Crippen LogP contribution < -0.4 is 0 Å². The highest BCUT2D eigenvalue weighted by molar-refractivity contribution is 5.32. The van der Waals surface area contributed by atoms with Crippen LogP contribution in [0.5, 0.6) is 0 Å². The monoisotopic (exact) mass is 176 g/mol. The topological polar surface area (TPSA) is 20.2 Å². The van der Waals surface area contributed by atoms with Crippen LogP contribution in [0.15, 0.2) is 24.3 Å². The van der Waals surface area contributed by atoms with Crippen LogP contribution in [-0.2, 0) is 12.8 Å². The Balaban J connectivity index is 2.14. The quantitative estimate of drug-likeness (QED) is 0.732. The maximum Gasteiger partial charge on any atom is 0.0572 e. The van der Waals surface area contributed by atoms with Crippen molar-refractivity contribution in [2.24, 2.45) is 5.92 Å². The number of hydrogen-bond donors (Lipinski definition) is 1. The minimum absolute atomic E-state index is 0.118. The lowest BCUT2D eigenvalue weighted by Crippen LogP contribution is -2.19. The Kier molecular flexibility index (Phi) is 2.36. The molecule has 0 amide bonds. The van der Waals surface area contributed by atoms with Crippen molar-refractivity contribution in [3.8, 4) is 0 Å². The molecule has 2 rings (SSSR count). The summed E-state index contributed by atoms with van der Waals surface area (Å²) in [5.41, 5.74) is 2.86. The normalized spacial score (nSPS) is 18.6. The Morgan fingerprint density at radius 3 is 2.31 bits per heavy atom. The van der Waals surface area contributed by atoms with Crippen LogP contribution in [0.4, 0.5) is 0 Å². The largest absolute Gasteiger partial charge is 0.393 e. The summed E-state index contributed by atoms with van der Waals surface area (Å²) >= 11 is 0. The van der Waals surface area contributed by atoms with Gasteiger partial charge in [0.15, 0.2) is 0 Å². The lowest BCUT2D eigenvalue weighted by Gasteiger charge is -2.14. The molecule has 0 radical (unpaired) electrons. The minimum atomic E-state index is -0.118. The third-order valence-corrected chi connectivity index (χ3v) is 3.05. The maximum absolute atomic E-state index is 9.73. The summed E-state index contributed by atoms with van der Waals surface area (Å²) in [7, 11) is 0. The molecule has 0 spiro atoms. The highest BCUT2D eigenvalue weighted by atomic mass is 16.3. The summed E-state index contributed by atoms with van der Waals surface area (Å²) in [5.74, 6) is 0.461.